The first kappa shape index (κ1) is 26.9. The van der Waals surface area contributed by atoms with Gasteiger partial charge < -0.3 is 37.2 Å². The molecule has 186 valence electrons. The van der Waals surface area contributed by atoms with E-state index in [2.05, 4.69) is 23.3 Å². The van der Waals surface area contributed by atoms with Crippen LogP contribution in [0, 0.1) is 0 Å². The number of carboxylic acid groups (broad SMARTS) is 1. The SMILES string of the molecule is NC(=O)CC(NC(=O)C(N)Cc1ccc(O)cc1)C(=O)NC(CS)C(=O)N1CCCC1C(=O)O. The number of rotatable bonds is 11. The summed E-state index contributed by atoms with van der Waals surface area (Å²) in [5, 5.41) is 23.4. The monoisotopic (exact) mass is 495 g/mol. The second-order valence-electron chi connectivity index (χ2n) is 7.98. The Hall–Kier alpha value is -3.32. The van der Waals surface area contributed by atoms with Crippen molar-refractivity contribution >= 4 is 42.2 Å². The van der Waals surface area contributed by atoms with E-state index in [0.717, 1.165) is 0 Å². The fourth-order valence-electron chi connectivity index (χ4n) is 3.61. The molecule has 1 aliphatic rings. The number of carboxylic acids is 1. The average Bonchev–Trinajstić information content (AvgIpc) is 3.28. The number of hydrogen-bond donors (Lipinski definition) is 7. The van der Waals surface area contributed by atoms with Gasteiger partial charge in [0.15, 0.2) is 0 Å². The molecule has 2 rings (SSSR count). The van der Waals surface area contributed by atoms with Gasteiger partial charge in [0, 0.05) is 12.3 Å². The quantitative estimate of drug-likeness (QED) is 0.172. The Labute approximate surface area is 201 Å². The molecule has 0 aromatic heterocycles. The van der Waals surface area contributed by atoms with Gasteiger partial charge in [0.05, 0.1) is 12.5 Å². The highest BCUT2D eigenvalue weighted by Gasteiger charge is 2.38. The maximum Gasteiger partial charge on any atom is 0.326 e. The number of hydrogen-bond acceptors (Lipinski definition) is 8. The first-order valence-corrected chi connectivity index (χ1v) is 11.2. The Balaban J connectivity index is 2.05. The number of primary amides is 1. The summed E-state index contributed by atoms with van der Waals surface area (Å²) in [6.45, 7) is 0.226. The number of aromatic hydroxyl groups is 1. The molecule has 0 aliphatic carbocycles. The molecule has 4 unspecified atom stereocenters. The Morgan fingerprint density at radius 3 is 2.26 bits per heavy atom. The number of nitrogens with one attached hydrogen (secondary N) is 2. The van der Waals surface area contributed by atoms with Crippen LogP contribution in [0.1, 0.15) is 24.8 Å². The lowest BCUT2D eigenvalue weighted by molar-refractivity contribution is -0.149. The van der Waals surface area contributed by atoms with Crippen molar-refractivity contribution in [2.24, 2.45) is 11.5 Å². The van der Waals surface area contributed by atoms with Gasteiger partial charge in [-0.2, -0.15) is 12.6 Å². The minimum absolute atomic E-state index is 0.0527. The summed E-state index contributed by atoms with van der Waals surface area (Å²) in [6, 6.07) is 1.40. The lowest BCUT2D eigenvalue weighted by Gasteiger charge is -2.28. The number of thiol groups is 1. The molecular formula is C21H29N5O7S. The van der Waals surface area contributed by atoms with Crippen molar-refractivity contribution in [2.45, 2.75) is 49.9 Å². The second-order valence-corrected chi connectivity index (χ2v) is 8.35. The third-order valence-electron chi connectivity index (χ3n) is 5.39. The van der Waals surface area contributed by atoms with Crippen LogP contribution in [0.5, 0.6) is 5.75 Å². The molecule has 1 heterocycles. The number of benzene rings is 1. The molecule has 12 nitrogen and oxygen atoms in total. The highest BCUT2D eigenvalue weighted by atomic mass is 32.1. The van der Waals surface area contributed by atoms with Crippen LogP contribution in [0.25, 0.3) is 0 Å². The molecule has 0 radical (unpaired) electrons. The van der Waals surface area contributed by atoms with Crippen molar-refractivity contribution < 1.29 is 34.2 Å². The van der Waals surface area contributed by atoms with Crippen LogP contribution in [0.2, 0.25) is 0 Å². The van der Waals surface area contributed by atoms with Gasteiger partial charge in [-0.3, -0.25) is 19.2 Å². The van der Waals surface area contributed by atoms with Gasteiger partial charge in [-0.25, -0.2) is 4.79 Å². The number of amides is 4. The molecule has 1 fully saturated rings. The summed E-state index contributed by atoms with van der Waals surface area (Å²) >= 11 is 4.08. The van der Waals surface area contributed by atoms with Gasteiger partial charge in [-0.05, 0) is 37.0 Å². The summed E-state index contributed by atoms with van der Waals surface area (Å²) in [6.07, 6.45) is 0.363. The van der Waals surface area contributed by atoms with Gasteiger partial charge in [0.25, 0.3) is 0 Å². The average molecular weight is 496 g/mol. The van der Waals surface area contributed by atoms with E-state index < -0.39 is 60.2 Å². The molecule has 0 spiro atoms. The van der Waals surface area contributed by atoms with Gasteiger partial charge in [-0.1, -0.05) is 12.1 Å². The molecule has 1 aliphatic heterocycles. The summed E-state index contributed by atoms with van der Waals surface area (Å²) < 4.78 is 0. The van der Waals surface area contributed by atoms with E-state index in [-0.39, 0.29) is 24.5 Å². The molecule has 8 N–H and O–H groups in total. The van der Waals surface area contributed by atoms with Gasteiger partial charge >= 0.3 is 5.97 Å². The summed E-state index contributed by atoms with van der Waals surface area (Å²) in [5.74, 6) is -4.30. The summed E-state index contributed by atoms with van der Waals surface area (Å²) in [5.41, 5.74) is 11.8. The highest BCUT2D eigenvalue weighted by Crippen LogP contribution is 2.19. The van der Waals surface area contributed by atoms with Crippen molar-refractivity contribution in [3.63, 3.8) is 0 Å². The number of nitrogens with two attached hydrogens (primary N) is 2. The van der Waals surface area contributed by atoms with Crippen molar-refractivity contribution in [1.82, 2.24) is 15.5 Å². The van der Waals surface area contributed by atoms with Crippen LogP contribution in [-0.2, 0) is 30.4 Å². The van der Waals surface area contributed by atoms with Gasteiger partial charge in [0.1, 0.15) is 23.9 Å². The first-order valence-electron chi connectivity index (χ1n) is 10.6. The lowest BCUT2D eigenvalue weighted by Crippen LogP contribution is -2.58. The molecule has 1 saturated heterocycles. The van der Waals surface area contributed by atoms with E-state index in [1.54, 1.807) is 12.1 Å². The predicted molar refractivity (Wildman–Crippen MR) is 124 cm³/mol. The summed E-state index contributed by atoms with van der Waals surface area (Å²) in [4.78, 5) is 62.2. The first-order chi connectivity index (χ1) is 16.0. The van der Waals surface area contributed by atoms with Crippen molar-refractivity contribution in [3.05, 3.63) is 29.8 Å². The minimum atomic E-state index is -1.40. The maximum absolute atomic E-state index is 12.8. The van der Waals surface area contributed by atoms with E-state index in [9.17, 15) is 34.2 Å². The normalized spacial score (nSPS) is 17.9. The minimum Gasteiger partial charge on any atom is -0.508 e. The fraction of sp³-hybridized carbons (Fsp3) is 0.476. The molecule has 1 aromatic rings. The smallest absolute Gasteiger partial charge is 0.326 e. The van der Waals surface area contributed by atoms with Crippen molar-refractivity contribution in [1.29, 1.82) is 0 Å². The van der Waals surface area contributed by atoms with E-state index in [4.69, 9.17) is 11.5 Å². The van der Waals surface area contributed by atoms with Gasteiger partial charge in [-0.15, -0.1) is 0 Å². The van der Waals surface area contributed by atoms with Gasteiger partial charge in [0.2, 0.25) is 23.6 Å². The van der Waals surface area contributed by atoms with Crippen molar-refractivity contribution in [2.75, 3.05) is 12.3 Å². The summed E-state index contributed by atoms with van der Waals surface area (Å²) in [7, 11) is 0. The van der Waals surface area contributed by atoms with Crippen LogP contribution in [-0.4, -0.2) is 81.2 Å². The second kappa shape index (κ2) is 12.2. The van der Waals surface area contributed by atoms with E-state index in [0.29, 0.717) is 18.4 Å². The molecule has 1 aromatic carbocycles. The fourth-order valence-corrected chi connectivity index (χ4v) is 3.86. The zero-order valence-electron chi connectivity index (χ0n) is 18.3. The zero-order valence-corrected chi connectivity index (χ0v) is 19.2. The Bertz CT molecular complexity index is 927. The van der Waals surface area contributed by atoms with Crippen molar-refractivity contribution in [3.8, 4) is 5.75 Å². The van der Waals surface area contributed by atoms with E-state index >= 15 is 0 Å². The predicted octanol–water partition coefficient (Wildman–Crippen LogP) is -1.89. The Morgan fingerprint density at radius 2 is 1.71 bits per heavy atom. The zero-order chi connectivity index (χ0) is 25.4. The number of phenolic OH excluding ortho intramolecular Hbond substituents is 1. The Morgan fingerprint density at radius 1 is 1.09 bits per heavy atom. The molecule has 0 saturated carbocycles. The van der Waals surface area contributed by atoms with Crippen LogP contribution >= 0.6 is 12.6 Å². The van der Waals surface area contributed by atoms with E-state index in [1.807, 2.05) is 0 Å². The lowest BCUT2D eigenvalue weighted by atomic mass is 10.0. The third-order valence-corrected chi connectivity index (χ3v) is 5.75. The van der Waals surface area contributed by atoms with Crippen LogP contribution < -0.4 is 22.1 Å². The molecule has 13 heteroatoms. The van der Waals surface area contributed by atoms with E-state index in [1.165, 1.54) is 17.0 Å². The number of carbonyl (C=O) groups is 5. The third kappa shape index (κ3) is 7.35. The topological polar surface area (TPSA) is 205 Å². The number of phenols is 1. The number of nitrogens with zero attached hydrogens (tertiary/aromatic N) is 1. The van der Waals surface area contributed by atoms with Crippen LogP contribution in [0.4, 0.5) is 0 Å². The largest absolute Gasteiger partial charge is 0.508 e. The standard InChI is InChI=1S/C21H29N5O7S/c22-13(8-11-3-5-12(27)6-4-11)18(29)24-14(9-17(23)28)19(30)25-15(10-34)20(31)26-7-1-2-16(26)21(32)33/h3-6,13-16,27,34H,1-2,7-10,22H2,(H2,23,28)(H,24,29)(H,25,30)(H,32,33). The molecule has 4 atom stereocenters. The van der Waals surface area contributed by atoms with Crippen LogP contribution in [0.15, 0.2) is 24.3 Å². The highest BCUT2D eigenvalue weighted by molar-refractivity contribution is 7.80. The number of aliphatic carboxylic acids is 1. The molecule has 34 heavy (non-hydrogen) atoms. The molecule has 0 bridgehead atoms. The number of carbonyl (C=O) groups excluding carboxylic acids is 4. The molecule has 4 amide bonds. The molecular weight excluding hydrogens is 466 g/mol. The Kier molecular flexibility index (Phi) is 9.69. The number of likely N-dealkylation sites (tertiary alicyclic amines) is 1. The van der Waals surface area contributed by atoms with Crippen LogP contribution in [0.3, 0.4) is 0 Å². The maximum atomic E-state index is 12.8.